The van der Waals surface area contributed by atoms with Gasteiger partial charge >= 0.3 is 17.9 Å². The third-order valence-electron chi connectivity index (χ3n) is 9.76. The first-order valence-electron chi connectivity index (χ1n) is 23.5. The smallest absolute Gasteiger partial charge is 0.362 e. The van der Waals surface area contributed by atoms with Crippen LogP contribution in [0.25, 0.3) is 0 Å². The van der Waals surface area contributed by atoms with Crippen molar-refractivity contribution in [2.45, 2.75) is 167 Å². The highest BCUT2D eigenvalue weighted by molar-refractivity contribution is 5.72. The fourth-order valence-electron chi connectivity index (χ4n) is 6.19. The highest BCUT2D eigenvalue weighted by Crippen LogP contribution is 2.13. The molecule has 0 radical (unpaired) electrons. The minimum absolute atomic E-state index is 0.0393. The predicted molar refractivity (Wildman–Crippen MR) is 256 cm³/mol. The zero-order valence-corrected chi connectivity index (χ0v) is 39.1. The summed E-state index contributed by atoms with van der Waals surface area (Å²) in [6.07, 6.45) is 58.4. The van der Waals surface area contributed by atoms with E-state index < -0.39 is 18.1 Å². The van der Waals surface area contributed by atoms with E-state index in [-0.39, 0.29) is 36.2 Å². The number of carboxylic acids is 1. The molecule has 0 saturated heterocycles. The van der Waals surface area contributed by atoms with Crippen molar-refractivity contribution < 1.29 is 38.2 Å². The predicted octanol–water partition coefficient (Wildman–Crippen LogP) is 13.2. The number of likely N-dealkylation sites (N-methyl/N-ethyl adjacent to an activating group) is 1. The SMILES string of the molecule is CC/C=C/C=C/C=C/C=C/CCCCCCCC(=O)OCC(COCCC(C(=O)O)[N+](C)(C)C)OC(=O)CCCCCCCC/C=C/C/C=C/C/C=C/C/C=C/C/C=C/CC. The van der Waals surface area contributed by atoms with Crippen LogP contribution in [0.15, 0.2) is 109 Å². The molecule has 61 heavy (non-hydrogen) atoms. The summed E-state index contributed by atoms with van der Waals surface area (Å²) in [5.74, 6) is -1.53. The van der Waals surface area contributed by atoms with Crippen molar-refractivity contribution >= 4 is 17.9 Å². The van der Waals surface area contributed by atoms with Crippen LogP contribution >= 0.6 is 0 Å². The molecule has 0 spiro atoms. The first kappa shape index (κ1) is 57.0. The molecule has 8 nitrogen and oxygen atoms in total. The minimum Gasteiger partial charge on any atom is -0.477 e. The Morgan fingerprint density at radius 2 is 0.951 bits per heavy atom. The number of hydrogen-bond acceptors (Lipinski definition) is 6. The second-order valence-corrected chi connectivity index (χ2v) is 16.3. The average molecular weight is 849 g/mol. The third kappa shape index (κ3) is 41.1. The lowest BCUT2D eigenvalue weighted by Gasteiger charge is -2.31. The van der Waals surface area contributed by atoms with Gasteiger partial charge in [0.25, 0.3) is 0 Å². The van der Waals surface area contributed by atoms with Crippen molar-refractivity contribution in [3.8, 4) is 0 Å². The fourth-order valence-corrected chi connectivity index (χ4v) is 6.19. The molecule has 0 aromatic heterocycles. The van der Waals surface area contributed by atoms with Crippen LogP contribution in [0, 0.1) is 0 Å². The zero-order chi connectivity index (χ0) is 44.9. The lowest BCUT2D eigenvalue weighted by atomic mass is 10.1. The number of nitrogens with zero attached hydrogens (tertiary/aromatic N) is 1. The molecule has 2 unspecified atom stereocenters. The van der Waals surface area contributed by atoms with Crippen LogP contribution in [0.2, 0.25) is 0 Å². The average Bonchev–Trinajstić information content (AvgIpc) is 3.22. The topological polar surface area (TPSA) is 99.1 Å². The van der Waals surface area contributed by atoms with Crippen LogP contribution in [0.1, 0.15) is 155 Å². The Balaban J connectivity index is 4.39. The van der Waals surface area contributed by atoms with Gasteiger partial charge in [0.1, 0.15) is 6.61 Å². The van der Waals surface area contributed by atoms with Gasteiger partial charge in [-0.05, 0) is 77.0 Å². The molecule has 0 fully saturated rings. The number of carboxylic acid groups (broad SMARTS) is 1. The van der Waals surface area contributed by atoms with Crippen molar-refractivity contribution in [3.05, 3.63) is 109 Å². The van der Waals surface area contributed by atoms with E-state index in [0.29, 0.717) is 19.3 Å². The van der Waals surface area contributed by atoms with Crippen LogP contribution < -0.4 is 0 Å². The second kappa shape index (κ2) is 42.7. The number of rotatable bonds is 40. The molecular formula is C53H86NO7+. The molecular weight excluding hydrogens is 763 g/mol. The van der Waals surface area contributed by atoms with Gasteiger partial charge in [0, 0.05) is 19.3 Å². The summed E-state index contributed by atoms with van der Waals surface area (Å²) in [5, 5.41) is 9.64. The molecule has 0 aliphatic rings. The second-order valence-electron chi connectivity index (χ2n) is 16.3. The first-order valence-corrected chi connectivity index (χ1v) is 23.5. The van der Waals surface area contributed by atoms with E-state index in [1.54, 1.807) is 0 Å². The van der Waals surface area contributed by atoms with Crippen molar-refractivity contribution in [1.82, 2.24) is 0 Å². The van der Waals surface area contributed by atoms with Crippen molar-refractivity contribution in [2.75, 3.05) is 41.0 Å². The van der Waals surface area contributed by atoms with Gasteiger partial charge in [-0.1, -0.05) is 168 Å². The van der Waals surface area contributed by atoms with Crippen molar-refractivity contribution in [3.63, 3.8) is 0 Å². The Hall–Kier alpha value is -4.01. The van der Waals surface area contributed by atoms with Gasteiger partial charge in [-0.2, -0.15) is 0 Å². The van der Waals surface area contributed by atoms with Crippen molar-refractivity contribution in [1.29, 1.82) is 0 Å². The quantitative estimate of drug-likeness (QED) is 0.0215. The lowest BCUT2D eigenvalue weighted by molar-refractivity contribution is -0.887. The number of carbonyl (C=O) groups excluding carboxylic acids is 2. The fraction of sp³-hybridized carbons (Fsp3) is 0.604. The summed E-state index contributed by atoms with van der Waals surface area (Å²) in [6.45, 7) is 4.42. The standard InChI is InChI=1S/C53H85NO7/c1-6-8-10-12-14-16-18-20-22-23-24-25-26-27-28-30-32-34-36-38-40-42-44-52(56)61-49(47-59-46-45-50(53(57)58)54(3,4)5)48-60-51(55)43-41-39-37-35-33-31-29-21-19-17-15-13-11-9-7-2/h8-11,13-17,19-22,24-25,27-29,49-50H,6-7,12,18,23,26,30-48H2,1-5H3/p+1/b10-8+,11-9+,15-13+,16-14+,19-17+,22-20+,25-24+,28-27+,29-21+. The van der Waals surface area contributed by atoms with Gasteiger partial charge in [0.2, 0.25) is 0 Å². The zero-order valence-electron chi connectivity index (χ0n) is 39.1. The Kier molecular flexibility index (Phi) is 39.9. The molecule has 0 aliphatic carbocycles. The highest BCUT2D eigenvalue weighted by Gasteiger charge is 2.31. The molecule has 344 valence electrons. The van der Waals surface area contributed by atoms with Crippen LogP contribution in [0.5, 0.6) is 0 Å². The number of carbonyl (C=O) groups is 3. The summed E-state index contributed by atoms with van der Waals surface area (Å²) in [7, 11) is 5.50. The number of aliphatic carboxylic acids is 1. The van der Waals surface area contributed by atoms with Gasteiger partial charge in [0.05, 0.1) is 34.4 Å². The lowest BCUT2D eigenvalue weighted by Crippen LogP contribution is -2.50. The maximum absolute atomic E-state index is 12.8. The Labute approximate surface area is 372 Å². The molecule has 0 saturated carbocycles. The summed E-state index contributed by atoms with van der Waals surface area (Å²) < 4.78 is 17.3. The van der Waals surface area contributed by atoms with Gasteiger partial charge in [0.15, 0.2) is 12.1 Å². The van der Waals surface area contributed by atoms with Crippen molar-refractivity contribution in [2.24, 2.45) is 0 Å². The van der Waals surface area contributed by atoms with E-state index in [4.69, 9.17) is 14.2 Å². The van der Waals surface area contributed by atoms with E-state index in [1.165, 1.54) is 12.8 Å². The number of quaternary nitrogens is 1. The van der Waals surface area contributed by atoms with Crippen LogP contribution in [-0.4, -0.2) is 80.6 Å². The highest BCUT2D eigenvalue weighted by atomic mass is 16.6. The third-order valence-corrected chi connectivity index (χ3v) is 9.76. The Morgan fingerprint density at radius 1 is 0.508 bits per heavy atom. The summed E-state index contributed by atoms with van der Waals surface area (Å²) >= 11 is 0. The molecule has 2 atom stereocenters. The number of hydrogen-bond donors (Lipinski definition) is 1. The van der Waals surface area contributed by atoms with E-state index in [0.717, 1.165) is 109 Å². The number of allylic oxidation sites excluding steroid dienone is 18. The van der Waals surface area contributed by atoms with Crippen LogP contribution in [0.3, 0.4) is 0 Å². The normalized spacial score (nSPS) is 13.9. The number of ether oxygens (including phenoxy) is 3. The molecule has 1 N–H and O–H groups in total. The monoisotopic (exact) mass is 849 g/mol. The van der Waals surface area contributed by atoms with E-state index in [2.05, 4.69) is 92.8 Å². The maximum atomic E-state index is 12.8. The molecule has 0 heterocycles. The summed E-state index contributed by atoms with van der Waals surface area (Å²) in [4.78, 5) is 37.1. The Bertz CT molecular complexity index is 1360. The molecule has 8 heteroatoms. The van der Waals surface area contributed by atoms with E-state index in [1.807, 2.05) is 51.5 Å². The van der Waals surface area contributed by atoms with Gasteiger partial charge < -0.3 is 23.8 Å². The van der Waals surface area contributed by atoms with Crippen LogP contribution in [0.4, 0.5) is 0 Å². The minimum atomic E-state index is -0.887. The number of unbranched alkanes of at least 4 members (excludes halogenated alkanes) is 11. The maximum Gasteiger partial charge on any atom is 0.362 e. The molecule has 0 bridgehead atoms. The summed E-state index contributed by atoms with van der Waals surface area (Å²) in [5.41, 5.74) is 0. The molecule has 0 amide bonds. The van der Waals surface area contributed by atoms with Crippen LogP contribution in [-0.2, 0) is 28.6 Å². The molecule has 0 aromatic rings. The first-order chi connectivity index (χ1) is 29.6. The molecule has 0 aromatic carbocycles. The molecule has 0 rings (SSSR count). The van der Waals surface area contributed by atoms with Gasteiger partial charge in [-0.15, -0.1) is 0 Å². The van der Waals surface area contributed by atoms with E-state index >= 15 is 0 Å². The largest absolute Gasteiger partial charge is 0.477 e. The van der Waals surface area contributed by atoms with Gasteiger partial charge in [-0.25, -0.2) is 4.79 Å². The van der Waals surface area contributed by atoms with E-state index in [9.17, 15) is 19.5 Å². The van der Waals surface area contributed by atoms with Gasteiger partial charge in [-0.3, -0.25) is 9.59 Å². The molecule has 0 aliphatic heterocycles. The Morgan fingerprint density at radius 3 is 1.48 bits per heavy atom. The summed E-state index contributed by atoms with van der Waals surface area (Å²) in [6, 6.07) is -0.629. The number of esters is 2.